The second-order valence-corrected chi connectivity index (χ2v) is 7.29. The third-order valence-corrected chi connectivity index (χ3v) is 5.11. The number of hydrogen-bond acceptors (Lipinski definition) is 6. The van der Waals surface area contributed by atoms with Crippen LogP contribution in [0.5, 0.6) is 11.5 Å². The number of carbonyl (C=O) groups is 2. The highest BCUT2D eigenvalue weighted by Crippen LogP contribution is 2.31. The lowest BCUT2D eigenvalue weighted by Crippen LogP contribution is -2.34. The highest BCUT2D eigenvalue weighted by atomic mass is 19.1. The van der Waals surface area contributed by atoms with E-state index >= 15 is 0 Å². The molecule has 164 valence electrons. The molecule has 8 heteroatoms. The van der Waals surface area contributed by atoms with E-state index in [1.54, 1.807) is 41.3 Å². The van der Waals surface area contributed by atoms with Gasteiger partial charge in [-0.1, -0.05) is 11.2 Å². The SMILES string of the molecule is COc1cc(/C=C/C(=O)N2CCc3noc(-c4ccc(F)cc4)c3C2)ccc1OC(C)=O. The number of benzene rings is 2. The maximum atomic E-state index is 13.2. The minimum atomic E-state index is -0.444. The summed E-state index contributed by atoms with van der Waals surface area (Å²) in [4.78, 5) is 25.7. The summed E-state index contributed by atoms with van der Waals surface area (Å²) in [7, 11) is 1.48. The number of esters is 1. The quantitative estimate of drug-likeness (QED) is 0.342. The number of hydrogen-bond donors (Lipinski definition) is 0. The molecule has 0 saturated heterocycles. The van der Waals surface area contributed by atoms with Gasteiger partial charge in [0.1, 0.15) is 5.82 Å². The van der Waals surface area contributed by atoms with Gasteiger partial charge in [-0.05, 0) is 48.0 Å². The molecule has 32 heavy (non-hydrogen) atoms. The van der Waals surface area contributed by atoms with Crippen molar-refractivity contribution in [3.8, 4) is 22.8 Å². The van der Waals surface area contributed by atoms with Crippen molar-refractivity contribution >= 4 is 18.0 Å². The molecule has 0 atom stereocenters. The number of carbonyl (C=O) groups excluding carboxylic acids is 2. The van der Waals surface area contributed by atoms with Crippen LogP contribution in [0.25, 0.3) is 17.4 Å². The van der Waals surface area contributed by atoms with Crippen molar-refractivity contribution in [3.63, 3.8) is 0 Å². The maximum Gasteiger partial charge on any atom is 0.308 e. The molecule has 1 amide bonds. The molecule has 0 aliphatic carbocycles. The fourth-order valence-corrected chi connectivity index (χ4v) is 3.53. The Morgan fingerprint density at radius 1 is 1.16 bits per heavy atom. The predicted molar refractivity (Wildman–Crippen MR) is 114 cm³/mol. The first-order valence-corrected chi connectivity index (χ1v) is 10.0. The molecule has 1 aromatic heterocycles. The Bertz CT molecular complexity index is 1180. The van der Waals surface area contributed by atoms with Crippen molar-refractivity contribution in [3.05, 3.63) is 71.2 Å². The molecular formula is C24H21FN2O5. The zero-order valence-electron chi connectivity index (χ0n) is 17.6. The van der Waals surface area contributed by atoms with E-state index in [9.17, 15) is 14.0 Å². The van der Waals surface area contributed by atoms with Gasteiger partial charge in [0.25, 0.3) is 0 Å². The van der Waals surface area contributed by atoms with Gasteiger partial charge in [0.05, 0.1) is 19.3 Å². The minimum Gasteiger partial charge on any atom is -0.493 e. The number of halogens is 1. The number of nitrogens with zero attached hydrogens (tertiary/aromatic N) is 2. The Balaban J connectivity index is 1.49. The molecule has 0 fully saturated rings. The second kappa shape index (κ2) is 9.05. The van der Waals surface area contributed by atoms with Crippen molar-refractivity contribution in [2.24, 2.45) is 0 Å². The van der Waals surface area contributed by atoms with Gasteiger partial charge in [0.15, 0.2) is 17.3 Å². The summed E-state index contributed by atoms with van der Waals surface area (Å²) in [5.41, 5.74) is 3.07. The normalized spacial score (nSPS) is 13.2. The van der Waals surface area contributed by atoms with Crippen LogP contribution in [-0.4, -0.2) is 35.6 Å². The summed E-state index contributed by atoms with van der Waals surface area (Å²) < 4.78 is 29.1. The zero-order chi connectivity index (χ0) is 22.7. The molecule has 3 aromatic rings. The van der Waals surface area contributed by atoms with Gasteiger partial charge in [-0.2, -0.15) is 0 Å². The molecule has 2 aromatic carbocycles. The van der Waals surface area contributed by atoms with Crippen molar-refractivity contribution < 1.29 is 28.0 Å². The lowest BCUT2D eigenvalue weighted by molar-refractivity contribution is -0.132. The van der Waals surface area contributed by atoms with E-state index in [4.69, 9.17) is 14.0 Å². The summed E-state index contributed by atoms with van der Waals surface area (Å²) >= 11 is 0. The summed E-state index contributed by atoms with van der Waals surface area (Å²) in [6.45, 7) is 2.18. The molecule has 7 nitrogen and oxygen atoms in total. The van der Waals surface area contributed by atoms with Crippen molar-refractivity contribution in [2.45, 2.75) is 19.9 Å². The topological polar surface area (TPSA) is 81.9 Å². The van der Waals surface area contributed by atoms with Gasteiger partial charge >= 0.3 is 5.97 Å². The summed E-state index contributed by atoms with van der Waals surface area (Å²) in [5.74, 6) is 0.317. The van der Waals surface area contributed by atoms with Crippen LogP contribution < -0.4 is 9.47 Å². The molecular weight excluding hydrogens is 415 g/mol. The van der Waals surface area contributed by atoms with Gasteiger partial charge in [-0.3, -0.25) is 9.59 Å². The zero-order valence-corrected chi connectivity index (χ0v) is 17.6. The Labute approximate surface area is 184 Å². The number of aromatic nitrogens is 1. The molecule has 4 rings (SSSR count). The first-order valence-electron chi connectivity index (χ1n) is 10.0. The van der Waals surface area contributed by atoms with Crippen LogP contribution in [0.2, 0.25) is 0 Å². The van der Waals surface area contributed by atoms with E-state index in [1.165, 1.54) is 32.2 Å². The highest BCUT2D eigenvalue weighted by molar-refractivity contribution is 5.92. The number of methoxy groups -OCH3 is 1. The largest absolute Gasteiger partial charge is 0.493 e. The number of amides is 1. The van der Waals surface area contributed by atoms with Crippen molar-refractivity contribution in [1.82, 2.24) is 10.1 Å². The van der Waals surface area contributed by atoms with Crippen LogP contribution >= 0.6 is 0 Å². The molecule has 0 N–H and O–H groups in total. The first kappa shape index (κ1) is 21.3. The van der Waals surface area contributed by atoms with Crippen LogP contribution in [0.15, 0.2) is 53.1 Å². The second-order valence-electron chi connectivity index (χ2n) is 7.29. The highest BCUT2D eigenvalue weighted by Gasteiger charge is 2.26. The van der Waals surface area contributed by atoms with Crippen molar-refractivity contribution in [1.29, 1.82) is 0 Å². The van der Waals surface area contributed by atoms with Gasteiger partial charge in [-0.25, -0.2) is 4.39 Å². The fourth-order valence-electron chi connectivity index (χ4n) is 3.53. The third-order valence-electron chi connectivity index (χ3n) is 5.11. The van der Waals surface area contributed by atoms with E-state index in [2.05, 4.69) is 5.16 Å². The van der Waals surface area contributed by atoms with E-state index < -0.39 is 5.97 Å². The van der Waals surface area contributed by atoms with Crippen LogP contribution in [0.3, 0.4) is 0 Å². The van der Waals surface area contributed by atoms with E-state index in [0.29, 0.717) is 42.3 Å². The number of ether oxygens (including phenoxy) is 2. The molecule has 0 radical (unpaired) electrons. The summed E-state index contributed by atoms with van der Waals surface area (Å²) in [6.07, 6.45) is 3.73. The van der Waals surface area contributed by atoms with Gasteiger partial charge in [0, 0.05) is 37.1 Å². The molecule has 0 saturated carbocycles. The predicted octanol–water partition coefficient (Wildman–Crippen LogP) is 4.01. The van der Waals surface area contributed by atoms with Gasteiger partial charge < -0.3 is 18.9 Å². The molecule has 0 unspecified atom stereocenters. The number of fused-ring (bicyclic) bond motifs is 1. The van der Waals surface area contributed by atoms with E-state index in [1.807, 2.05) is 0 Å². The van der Waals surface area contributed by atoms with E-state index in [-0.39, 0.29) is 11.7 Å². The molecule has 0 bridgehead atoms. The van der Waals surface area contributed by atoms with Crippen LogP contribution in [-0.2, 0) is 22.6 Å². The monoisotopic (exact) mass is 436 g/mol. The van der Waals surface area contributed by atoms with Crippen molar-refractivity contribution in [2.75, 3.05) is 13.7 Å². The molecule has 1 aliphatic heterocycles. The van der Waals surface area contributed by atoms with Gasteiger partial charge in [0.2, 0.25) is 5.91 Å². The van der Waals surface area contributed by atoms with Crippen LogP contribution in [0, 0.1) is 5.82 Å². The smallest absolute Gasteiger partial charge is 0.308 e. The Kier molecular flexibility index (Phi) is 6.02. The lowest BCUT2D eigenvalue weighted by Gasteiger charge is -2.25. The van der Waals surface area contributed by atoms with Crippen LogP contribution in [0.1, 0.15) is 23.7 Å². The first-order chi connectivity index (χ1) is 15.4. The van der Waals surface area contributed by atoms with Gasteiger partial charge in [-0.15, -0.1) is 0 Å². The maximum absolute atomic E-state index is 13.2. The van der Waals surface area contributed by atoms with E-state index in [0.717, 1.165) is 16.8 Å². The molecule has 1 aliphatic rings. The number of rotatable bonds is 5. The minimum absolute atomic E-state index is 0.162. The third kappa shape index (κ3) is 4.54. The summed E-state index contributed by atoms with van der Waals surface area (Å²) in [5, 5.41) is 4.12. The average Bonchev–Trinajstić information content (AvgIpc) is 3.21. The molecule has 2 heterocycles. The standard InChI is InChI=1S/C24H21FN2O5/c1-15(28)31-21-9-3-16(13-22(21)30-2)4-10-23(29)27-12-11-20-19(14-27)24(32-26-20)17-5-7-18(25)8-6-17/h3-10,13H,11-12,14H2,1-2H3/b10-4+. The Hall–Kier alpha value is -3.94. The summed E-state index contributed by atoms with van der Waals surface area (Å²) in [6, 6.07) is 11.0. The Morgan fingerprint density at radius 3 is 2.66 bits per heavy atom. The Morgan fingerprint density at radius 2 is 1.94 bits per heavy atom. The average molecular weight is 436 g/mol. The lowest BCUT2D eigenvalue weighted by atomic mass is 10.0. The fraction of sp³-hybridized carbons (Fsp3) is 0.208. The molecule has 0 spiro atoms. The van der Waals surface area contributed by atoms with Crippen LogP contribution in [0.4, 0.5) is 4.39 Å².